The molecule has 0 saturated carbocycles. The monoisotopic (exact) mass is 410 g/mol. The first-order chi connectivity index (χ1) is 12.6. The first-order valence-electron chi connectivity index (χ1n) is 8.69. The van der Waals surface area contributed by atoms with E-state index in [9.17, 15) is 30.8 Å². The molecule has 1 aromatic rings. The minimum Gasteiger partial charge on any atom is -0.351 e. The molecule has 1 aromatic carbocycles. The SMILES string of the molecule is CCCCS(=O)(=O)N1CCCC1C(=O)NCc1ccc(F)cc1C(F)(F)F. The highest BCUT2D eigenvalue weighted by Gasteiger charge is 2.38. The molecule has 2 rings (SSSR count). The van der Waals surface area contributed by atoms with Crippen molar-refractivity contribution < 1.29 is 30.8 Å². The van der Waals surface area contributed by atoms with Gasteiger partial charge in [0.1, 0.15) is 11.9 Å². The van der Waals surface area contributed by atoms with E-state index in [4.69, 9.17) is 0 Å². The molecule has 0 radical (unpaired) electrons. The molecule has 1 heterocycles. The number of benzene rings is 1. The van der Waals surface area contributed by atoms with Crippen molar-refractivity contribution in [2.24, 2.45) is 0 Å². The van der Waals surface area contributed by atoms with Crippen LogP contribution >= 0.6 is 0 Å². The van der Waals surface area contributed by atoms with Gasteiger partial charge in [-0.25, -0.2) is 12.8 Å². The van der Waals surface area contributed by atoms with Gasteiger partial charge >= 0.3 is 6.18 Å². The second kappa shape index (κ2) is 8.55. The third kappa shape index (κ3) is 5.41. The molecule has 5 nitrogen and oxygen atoms in total. The Morgan fingerprint density at radius 2 is 2.04 bits per heavy atom. The summed E-state index contributed by atoms with van der Waals surface area (Å²) in [6.07, 6.45) is -2.78. The lowest BCUT2D eigenvalue weighted by Gasteiger charge is -2.23. The van der Waals surface area contributed by atoms with E-state index in [0.717, 1.165) is 16.4 Å². The van der Waals surface area contributed by atoms with E-state index in [1.165, 1.54) is 0 Å². The van der Waals surface area contributed by atoms with Crippen LogP contribution in [0.4, 0.5) is 17.6 Å². The number of hydrogen-bond acceptors (Lipinski definition) is 3. The Kier molecular flexibility index (Phi) is 6.85. The van der Waals surface area contributed by atoms with Crippen molar-refractivity contribution in [2.75, 3.05) is 12.3 Å². The molecular formula is C17H22F4N2O3S. The van der Waals surface area contributed by atoms with Gasteiger partial charge in [-0.15, -0.1) is 0 Å². The summed E-state index contributed by atoms with van der Waals surface area (Å²) in [6.45, 7) is 1.60. The van der Waals surface area contributed by atoms with Crippen molar-refractivity contribution in [1.29, 1.82) is 0 Å². The fourth-order valence-electron chi connectivity index (χ4n) is 3.05. The van der Waals surface area contributed by atoms with Crippen LogP contribution in [0.3, 0.4) is 0 Å². The van der Waals surface area contributed by atoms with Crippen molar-refractivity contribution in [3.63, 3.8) is 0 Å². The van der Waals surface area contributed by atoms with Gasteiger partial charge in [0, 0.05) is 13.1 Å². The molecule has 1 saturated heterocycles. The third-order valence-corrected chi connectivity index (χ3v) is 6.41. The summed E-state index contributed by atoms with van der Waals surface area (Å²) >= 11 is 0. The van der Waals surface area contributed by atoms with E-state index in [2.05, 4.69) is 5.32 Å². The number of nitrogens with one attached hydrogen (secondary N) is 1. The van der Waals surface area contributed by atoms with Crippen LogP contribution < -0.4 is 5.32 Å². The van der Waals surface area contributed by atoms with Gasteiger partial charge in [0.2, 0.25) is 15.9 Å². The largest absolute Gasteiger partial charge is 0.416 e. The van der Waals surface area contributed by atoms with Gasteiger partial charge in [0.15, 0.2) is 0 Å². The Morgan fingerprint density at radius 3 is 2.67 bits per heavy atom. The summed E-state index contributed by atoms with van der Waals surface area (Å²) < 4.78 is 78.1. The first kappa shape index (κ1) is 21.6. The van der Waals surface area contributed by atoms with Crippen LogP contribution in [0.5, 0.6) is 0 Å². The molecule has 0 spiro atoms. The Balaban J connectivity index is 2.10. The first-order valence-corrected chi connectivity index (χ1v) is 10.3. The van der Waals surface area contributed by atoms with Crippen LogP contribution in [0.15, 0.2) is 18.2 Å². The van der Waals surface area contributed by atoms with Crippen LogP contribution in [0.1, 0.15) is 43.7 Å². The second-order valence-corrected chi connectivity index (χ2v) is 8.50. The van der Waals surface area contributed by atoms with E-state index in [1.54, 1.807) is 0 Å². The van der Waals surface area contributed by atoms with E-state index < -0.39 is 46.1 Å². The van der Waals surface area contributed by atoms with E-state index in [-0.39, 0.29) is 17.9 Å². The summed E-state index contributed by atoms with van der Waals surface area (Å²) in [6, 6.07) is 1.29. The van der Waals surface area contributed by atoms with E-state index in [0.29, 0.717) is 31.7 Å². The number of halogens is 4. The quantitative estimate of drug-likeness (QED) is 0.703. The van der Waals surface area contributed by atoms with Gasteiger partial charge in [0.05, 0.1) is 11.3 Å². The molecule has 1 amide bonds. The number of carbonyl (C=O) groups excluding carboxylic acids is 1. The predicted molar refractivity (Wildman–Crippen MR) is 91.7 cm³/mol. The summed E-state index contributed by atoms with van der Waals surface area (Å²) in [4.78, 5) is 12.4. The number of unbranched alkanes of at least 4 members (excludes halogenated alkanes) is 1. The number of amides is 1. The summed E-state index contributed by atoms with van der Waals surface area (Å²) in [7, 11) is -3.59. The zero-order valence-electron chi connectivity index (χ0n) is 14.9. The Morgan fingerprint density at radius 1 is 1.33 bits per heavy atom. The van der Waals surface area contributed by atoms with Crippen LogP contribution in [0, 0.1) is 5.82 Å². The lowest BCUT2D eigenvalue weighted by molar-refractivity contribution is -0.138. The highest BCUT2D eigenvalue weighted by atomic mass is 32.2. The predicted octanol–water partition coefficient (Wildman–Crippen LogP) is 3.06. The summed E-state index contributed by atoms with van der Waals surface area (Å²) in [5.41, 5.74) is -1.45. The molecule has 1 unspecified atom stereocenters. The van der Waals surface area contributed by atoms with Crippen LogP contribution in [0.2, 0.25) is 0 Å². The zero-order chi connectivity index (χ0) is 20.2. The van der Waals surface area contributed by atoms with Crippen molar-refractivity contribution in [2.45, 2.75) is 51.4 Å². The highest BCUT2D eigenvalue weighted by molar-refractivity contribution is 7.89. The van der Waals surface area contributed by atoms with E-state index >= 15 is 0 Å². The lowest BCUT2D eigenvalue weighted by Crippen LogP contribution is -2.46. The molecule has 0 aromatic heterocycles. The average Bonchev–Trinajstić information content (AvgIpc) is 3.08. The zero-order valence-corrected chi connectivity index (χ0v) is 15.7. The van der Waals surface area contributed by atoms with Gasteiger partial charge in [-0.05, 0) is 37.0 Å². The number of alkyl halides is 3. The number of carbonyl (C=O) groups is 1. The fraction of sp³-hybridized carbons (Fsp3) is 0.588. The van der Waals surface area contributed by atoms with Gasteiger partial charge in [-0.2, -0.15) is 17.5 Å². The van der Waals surface area contributed by atoms with Gasteiger partial charge in [-0.1, -0.05) is 19.4 Å². The lowest BCUT2D eigenvalue weighted by atomic mass is 10.1. The highest BCUT2D eigenvalue weighted by Crippen LogP contribution is 2.32. The molecule has 152 valence electrons. The van der Waals surface area contributed by atoms with Crippen LogP contribution in [-0.2, 0) is 27.5 Å². The van der Waals surface area contributed by atoms with Crippen LogP contribution in [-0.4, -0.2) is 37.0 Å². The standard InChI is InChI=1S/C17H22F4N2O3S/c1-2-3-9-27(25,26)23-8-4-5-15(23)16(24)22-11-12-6-7-13(18)10-14(12)17(19,20)21/h6-7,10,15H,2-5,8-9,11H2,1H3,(H,22,24). The molecule has 1 aliphatic heterocycles. The van der Waals surface area contributed by atoms with Gasteiger partial charge < -0.3 is 5.32 Å². The molecule has 1 fully saturated rings. The van der Waals surface area contributed by atoms with Crippen molar-refractivity contribution in [3.05, 3.63) is 35.1 Å². The molecular weight excluding hydrogens is 388 g/mol. The minimum absolute atomic E-state index is 0.0660. The molecule has 27 heavy (non-hydrogen) atoms. The molecule has 0 bridgehead atoms. The summed E-state index contributed by atoms with van der Waals surface area (Å²) in [5.74, 6) is -1.74. The number of nitrogens with zero attached hydrogens (tertiary/aromatic N) is 1. The Bertz CT molecular complexity index is 781. The maximum absolute atomic E-state index is 13.1. The molecule has 10 heteroatoms. The average molecular weight is 410 g/mol. The Labute approximate surface area is 155 Å². The topological polar surface area (TPSA) is 66.5 Å². The number of hydrogen-bond donors (Lipinski definition) is 1. The van der Waals surface area contributed by atoms with E-state index in [1.807, 2.05) is 6.92 Å². The minimum atomic E-state index is -4.76. The van der Waals surface area contributed by atoms with Crippen molar-refractivity contribution in [1.82, 2.24) is 9.62 Å². The van der Waals surface area contributed by atoms with Crippen molar-refractivity contribution >= 4 is 15.9 Å². The summed E-state index contributed by atoms with van der Waals surface area (Å²) in [5, 5.41) is 2.36. The third-order valence-electron chi connectivity index (χ3n) is 4.45. The van der Waals surface area contributed by atoms with Gasteiger partial charge in [-0.3, -0.25) is 4.79 Å². The molecule has 1 atom stereocenters. The maximum Gasteiger partial charge on any atom is 0.416 e. The van der Waals surface area contributed by atoms with Crippen molar-refractivity contribution in [3.8, 4) is 0 Å². The fourth-order valence-corrected chi connectivity index (χ4v) is 4.93. The second-order valence-electron chi connectivity index (χ2n) is 6.46. The molecule has 0 aliphatic carbocycles. The Hall–Kier alpha value is -1.68. The molecule has 1 aliphatic rings. The number of rotatable bonds is 7. The maximum atomic E-state index is 13.1. The van der Waals surface area contributed by atoms with Gasteiger partial charge in [0.25, 0.3) is 0 Å². The smallest absolute Gasteiger partial charge is 0.351 e. The molecule has 1 N–H and O–H groups in total. The van der Waals surface area contributed by atoms with Crippen LogP contribution in [0.25, 0.3) is 0 Å². The normalized spacial score (nSPS) is 18.6. The number of sulfonamides is 1.